The number of hydrogen-bond acceptors (Lipinski definition) is 4. The van der Waals surface area contributed by atoms with E-state index in [1.54, 1.807) is 20.8 Å². The Morgan fingerprint density at radius 1 is 1.12 bits per heavy atom. The zero-order chi connectivity index (χ0) is 19.3. The van der Waals surface area contributed by atoms with E-state index in [1.807, 2.05) is 0 Å². The number of alkyl carbamates (subject to hydrolysis) is 1. The van der Waals surface area contributed by atoms with E-state index in [4.69, 9.17) is 4.74 Å². The van der Waals surface area contributed by atoms with Gasteiger partial charge in [-0.15, -0.1) is 0 Å². The number of likely N-dealkylation sites (tertiary alicyclic amines) is 1. The molecule has 1 saturated heterocycles. The van der Waals surface area contributed by atoms with E-state index in [-0.39, 0.29) is 5.91 Å². The van der Waals surface area contributed by atoms with Gasteiger partial charge in [-0.1, -0.05) is 32.1 Å². The Morgan fingerprint density at radius 3 is 2.35 bits per heavy atom. The summed E-state index contributed by atoms with van der Waals surface area (Å²) in [6, 6.07) is -1.52. The van der Waals surface area contributed by atoms with Gasteiger partial charge in [-0.2, -0.15) is 0 Å². The summed E-state index contributed by atoms with van der Waals surface area (Å²) in [5.74, 6) is -0.908. The highest BCUT2D eigenvalue weighted by molar-refractivity contribution is 5.89. The molecule has 0 bridgehead atoms. The van der Waals surface area contributed by atoms with Crippen molar-refractivity contribution < 1.29 is 24.2 Å². The Labute approximate surface area is 155 Å². The molecular formula is C19H32N2O5. The lowest BCUT2D eigenvalue weighted by Crippen LogP contribution is -2.53. The van der Waals surface area contributed by atoms with Crippen molar-refractivity contribution in [1.82, 2.24) is 10.2 Å². The fourth-order valence-electron chi connectivity index (χ4n) is 3.91. The molecule has 1 aliphatic carbocycles. The van der Waals surface area contributed by atoms with Gasteiger partial charge in [-0.25, -0.2) is 9.59 Å². The van der Waals surface area contributed by atoms with Crippen molar-refractivity contribution in [1.29, 1.82) is 0 Å². The fourth-order valence-corrected chi connectivity index (χ4v) is 3.91. The van der Waals surface area contributed by atoms with Gasteiger partial charge in [-0.05, 0) is 46.0 Å². The first-order valence-corrected chi connectivity index (χ1v) is 9.70. The number of rotatable bonds is 5. The van der Waals surface area contributed by atoms with Crippen LogP contribution in [0, 0.1) is 5.92 Å². The molecule has 0 aromatic heterocycles. The molecule has 7 nitrogen and oxygen atoms in total. The molecule has 2 aliphatic rings. The van der Waals surface area contributed by atoms with Crippen molar-refractivity contribution in [3.63, 3.8) is 0 Å². The molecule has 1 saturated carbocycles. The minimum Gasteiger partial charge on any atom is -0.480 e. The van der Waals surface area contributed by atoms with Gasteiger partial charge in [0.05, 0.1) is 0 Å². The van der Waals surface area contributed by atoms with E-state index in [2.05, 4.69) is 5.32 Å². The van der Waals surface area contributed by atoms with Gasteiger partial charge in [0.25, 0.3) is 0 Å². The first-order valence-electron chi connectivity index (χ1n) is 9.70. The SMILES string of the molecule is CC(C)(C)OC(=O)N[C@H](CC1CCCCC1)C(=O)N1CCC[C@H]1C(=O)O. The van der Waals surface area contributed by atoms with Crippen LogP contribution in [-0.4, -0.2) is 52.2 Å². The normalized spacial score (nSPS) is 22.7. The van der Waals surface area contributed by atoms with Crippen molar-refractivity contribution in [2.24, 2.45) is 5.92 Å². The maximum atomic E-state index is 13.0. The van der Waals surface area contributed by atoms with Crippen LogP contribution in [0.5, 0.6) is 0 Å². The third-order valence-electron chi connectivity index (χ3n) is 5.10. The lowest BCUT2D eigenvalue weighted by atomic mass is 9.84. The van der Waals surface area contributed by atoms with E-state index in [9.17, 15) is 19.5 Å². The molecule has 0 spiro atoms. The van der Waals surface area contributed by atoms with Crippen molar-refractivity contribution in [3.05, 3.63) is 0 Å². The zero-order valence-electron chi connectivity index (χ0n) is 16.1. The standard InChI is InChI=1S/C19H32N2O5/c1-19(2,3)26-18(25)20-14(12-13-8-5-4-6-9-13)16(22)21-11-7-10-15(21)17(23)24/h13-15H,4-12H2,1-3H3,(H,20,25)(H,23,24)/t14-,15+/m1/s1. The number of hydrogen-bond donors (Lipinski definition) is 2. The van der Waals surface area contributed by atoms with E-state index in [1.165, 1.54) is 11.3 Å². The van der Waals surface area contributed by atoms with Gasteiger partial charge in [0.1, 0.15) is 17.7 Å². The van der Waals surface area contributed by atoms with E-state index < -0.39 is 29.7 Å². The van der Waals surface area contributed by atoms with E-state index >= 15 is 0 Å². The molecule has 2 fully saturated rings. The van der Waals surface area contributed by atoms with Crippen molar-refractivity contribution in [2.75, 3.05) is 6.54 Å². The lowest BCUT2D eigenvalue weighted by Gasteiger charge is -2.31. The maximum Gasteiger partial charge on any atom is 0.408 e. The number of nitrogens with one attached hydrogen (secondary N) is 1. The van der Waals surface area contributed by atoms with Crippen LogP contribution in [0.4, 0.5) is 4.79 Å². The Hall–Kier alpha value is -1.79. The predicted octanol–water partition coefficient (Wildman–Crippen LogP) is 2.93. The molecule has 0 unspecified atom stereocenters. The van der Waals surface area contributed by atoms with Gasteiger partial charge in [0, 0.05) is 6.54 Å². The van der Waals surface area contributed by atoms with E-state index in [0.29, 0.717) is 31.7 Å². The van der Waals surface area contributed by atoms with Crippen LogP contribution in [0.25, 0.3) is 0 Å². The topological polar surface area (TPSA) is 95.9 Å². The molecule has 0 aromatic rings. The Bertz CT molecular complexity index is 523. The fraction of sp³-hybridized carbons (Fsp3) is 0.842. The molecular weight excluding hydrogens is 336 g/mol. The summed E-state index contributed by atoms with van der Waals surface area (Å²) in [5.41, 5.74) is -0.653. The molecule has 2 rings (SSSR count). The van der Waals surface area contributed by atoms with Crippen LogP contribution >= 0.6 is 0 Å². The number of carboxylic acid groups (broad SMARTS) is 1. The number of amides is 2. The number of aliphatic carboxylic acids is 1. The molecule has 0 radical (unpaired) electrons. The highest BCUT2D eigenvalue weighted by Gasteiger charge is 2.38. The average molecular weight is 368 g/mol. The van der Waals surface area contributed by atoms with Crippen LogP contribution in [0.2, 0.25) is 0 Å². The number of carboxylic acids is 1. The summed E-state index contributed by atoms with van der Waals surface area (Å²) < 4.78 is 5.31. The molecule has 2 N–H and O–H groups in total. The molecule has 2 amide bonds. The number of carbonyl (C=O) groups excluding carboxylic acids is 2. The van der Waals surface area contributed by atoms with Gasteiger partial charge < -0.3 is 20.1 Å². The maximum absolute atomic E-state index is 13.0. The summed E-state index contributed by atoms with van der Waals surface area (Å²) in [4.78, 5) is 38.1. The van der Waals surface area contributed by atoms with E-state index in [0.717, 1.165) is 25.7 Å². The number of ether oxygens (including phenoxy) is 1. The molecule has 1 heterocycles. The van der Waals surface area contributed by atoms with Crippen LogP contribution in [-0.2, 0) is 14.3 Å². The summed E-state index contributed by atoms with van der Waals surface area (Å²) in [7, 11) is 0. The van der Waals surface area contributed by atoms with Gasteiger partial charge in [0.2, 0.25) is 5.91 Å². The molecule has 26 heavy (non-hydrogen) atoms. The molecule has 148 valence electrons. The van der Waals surface area contributed by atoms with Crippen LogP contribution in [0.15, 0.2) is 0 Å². The minimum absolute atomic E-state index is 0.300. The third kappa shape index (κ3) is 5.88. The van der Waals surface area contributed by atoms with Crippen LogP contribution in [0.1, 0.15) is 72.1 Å². The Balaban J connectivity index is 2.09. The average Bonchev–Trinajstić information content (AvgIpc) is 3.02. The second-order valence-corrected chi connectivity index (χ2v) is 8.47. The number of carbonyl (C=O) groups is 3. The second-order valence-electron chi connectivity index (χ2n) is 8.47. The molecule has 2 atom stereocenters. The monoisotopic (exact) mass is 368 g/mol. The summed E-state index contributed by atoms with van der Waals surface area (Å²) >= 11 is 0. The van der Waals surface area contributed by atoms with Crippen molar-refractivity contribution in [3.8, 4) is 0 Å². The summed E-state index contributed by atoms with van der Waals surface area (Å²) in [6.07, 6.45) is 6.62. The van der Waals surface area contributed by atoms with Crippen LogP contribution in [0.3, 0.4) is 0 Å². The van der Waals surface area contributed by atoms with Crippen molar-refractivity contribution >= 4 is 18.0 Å². The largest absolute Gasteiger partial charge is 0.480 e. The highest BCUT2D eigenvalue weighted by Crippen LogP contribution is 2.29. The first-order chi connectivity index (χ1) is 12.2. The first kappa shape index (κ1) is 20.5. The van der Waals surface area contributed by atoms with Gasteiger partial charge in [-0.3, -0.25) is 4.79 Å². The quantitative estimate of drug-likeness (QED) is 0.778. The smallest absolute Gasteiger partial charge is 0.408 e. The molecule has 1 aliphatic heterocycles. The highest BCUT2D eigenvalue weighted by atomic mass is 16.6. The number of nitrogens with zero attached hydrogens (tertiary/aromatic N) is 1. The molecule has 7 heteroatoms. The minimum atomic E-state index is -0.982. The van der Waals surface area contributed by atoms with Gasteiger partial charge in [0.15, 0.2) is 0 Å². The molecule has 0 aromatic carbocycles. The zero-order valence-corrected chi connectivity index (χ0v) is 16.1. The summed E-state index contributed by atoms with van der Waals surface area (Å²) in [6.45, 7) is 5.73. The van der Waals surface area contributed by atoms with Crippen LogP contribution < -0.4 is 5.32 Å². The van der Waals surface area contributed by atoms with Crippen molar-refractivity contribution in [2.45, 2.75) is 89.8 Å². The summed E-state index contributed by atoms with van der Waals surface area (Å²) in [5, 5.41) is 12.1. The lowest BCUT2D eigenvalue weighted by molar-refractivity contribution is -0.149. The third-order valence-corrected chi connectivity index (χ3v) is 5.10. The predicted molar refractivity (Wildman–Crippen MR) is 96.7 cm³/mol. The Kier molecular flexibility index (Phi) is 6.89. The Morgan fingerprint density at radius 2 is 1.77 bits per heavy atom. The van der Waals surface area contributed by atoms with Gasteiger partial charge >= 0.3 is 12.1 Å². The second kappa shape index (κ2) is 8.73.